The van der Waals surface area contributed by atoms with E-state index in [0.29, 0.717) is 27.3 Å². The number of pyridine rings is 1. The van der Waals surface area contributed by atoms with Crippen molar-refractivity contribution in [3.8, 4) is 0 Å². The Balaban J connectivity index is 2.98. The van der Waals surface area contributed by atoms with Crippen LogP contribution in [-0.2, 0) is 0 Å². The lowest BCUT2D eigenvalue weighted by atomic mass is 10.1. The van der Waals surface area contributed by atoms with Crippen LogP contribution in [0, 0.1) is 0 Å². The van der Waals surface area contributed by atoms with Crippen molar-refractivity contribution in [2.24, 2.45) is 0 Å². The fourth-order valence-electron chi connectivity index (χ4n) is 2.79. The summed E-state index contributed by atoms with van der Waals surface area (Å²) in [6.45, 7) is 7.49. The van der Waals surface area contributed by atoms with Gasteiger partial charge in [0, 0.05) is 16.4 Å². The molecule has 1 heterocycles. The molecule has 0 saturated carbocycles. The average Bonchev–Trinajstić information content (AvgIpc) is 2.78. The van der Waals surface area contributed by atoms with Crippen molar-refractivity contribution >= 4 is 23.5 Å². The van der Waals surface area contributed by atoms with Crippen LogP contribution in [0.4, 0.5) is 0 Å². The molecular formula is C20H21NO2. The summed E-state index contributed by atoms with van der Waals surface area (Å²) in [4.78, 5) is 28.2. The summed E-state index contributed by atoms with van der Waals surface area (Å²) in [5.41, 5.74) is 2.37. The molecule has 0 atom stereocenters. The Morgan fingerprint density at radius 1 is 0.826 bits per heavy atom. The summed E-state index contributed by atoms with van der Waals surface area (Å²) in [5, 5.41) is 1.20. The molecule has 0 bridgehead atoms. The molecule has 0 fully saturated rings. The van der Waals surface area contributed by atoms with E-state index in [1.807, 2.05) is 58.1 Å². The topological polar surface area (TPSA) is 49.9 Å². The molecule has 0 amide bonds. The Hall–Kier alpha value is -2.68. The fraction of sp³-hybridized carbons (Fsp3) is 0.200. The van der Waals surface area contributed by atoms with E-state index < -0.39 is 0 Å². The molecular weight excluding hydrogens is 286 g/mol. The first kappa shape index (κ1) is 16.7. The van der Waals surface area contributed by atoms with Crippen LogP contribution < -0.4 is 16.0 Å². The molecule has 1 aliphatic carbocycles. The van der Waals surface area contributed by atoms with Gasteiger partial charge in [0.05, 0.1) is 11.3 Å². The summed E-state index contributed by atoms with van der Waals surface area (Å²) in [6, 6.07) is 0. The minimum absolute atomic E-state index is 0.0503. The molecule has 0 spiro atoms. The minimum Gasteiger partial charge on any atom is -0.321 e. The minimum atomic E-state index is -0.188. The van der Waals surface area contributed by atoms with E-state index in [0.717, 1.165) is 5.57 Å². The Kier molecular flexibility index (Phi) is 5.12. The first-order chi connectivity index (χ1) is 11.1. The molecule has 3 nitrogen and oxygen atoms in total. The van der Waals surface area contributed by atoms with Crippen LogP contribution >= 0.6 is 0 Å². The van der Waals surface area contributed by atoms with Crippen LogP contribution in [0.1, 0.15) is 43.7 Å². The lowest BCUT2D eigenvalue weighted by Gasteiger charge is -2.02. The molecule has 1 N–H and O–H groups in total. The Morgan fingerprint density at radius 3 is 2.04 bits per heavy atom. The van der Waals surface area contributed by atoms with Crippen molar-refractivity contribution < 1.29 is 4.79 Å². The van der Waals surface area contributed by atoms with E-state index in [1.165, 1.54) is 0 Å². The lowest BCUT2D eigenvalue weighted by Crippen LogP contribution is -2.44. The van der Waals surface area contributed by atoms with Gasteiger partial charge >= 0.3 is 0 Å². The molecule has 0 radical (unpaired) electrons. The Labute approximate surface area is 135 Å². The standard InChI is InChI=1S/C20H21NO2/c1-5-9-12-16-13(8-4)17-18(21-20(16)23)14(10-6-2)15(11-7-3)19(17)22/h5-12H,1-4H3,(H,21,23)/b9-5-,10-6-,11-7-,13-8+,16-12+. The zero-order chi connectivity index (χ0) is 17.0. The first-order valence-corrected chi connectivity index (χ1v) is 7.71. The highest BCUT2D eigenvalue weighted by Gasteiger charge is 2.29. The molecule has 1 aromatic heterocycles. The zero-order valence-electron chi connectivity index (χ0n) is 13.9. The molecule has 0 unspecified atom stereocenters. The Bertz CT molecular complexity index is 935. The molecule has 0 aromatic carbocycles. The van der Waals surface area contributed by atoms with Crippen LogP contribution in [0.3, 0.4) is 0 Å². The maximum absolute atomic E-state index is 12.9. The lowest BCUT2D eigenvalue weighted by molar-refractivity contribution is 0.104. The van der Waals surface area contributed by atoms with Crippen molar-refractivity contribution in [3.63, 3.8) is 0 Å². The van der Waals surface area contributed by atoms with Crippen LogP contribution in [0.15, 0.2) is 46.8 Å². The molecule has 0 aliphatic heterocycles. The molecule has 0 saturated heterocycles. The van der Waals surface area contributed by atoms with Crippen molar-refractivity contribution in [2.75, 3.05) is 0 Å². The number of rotatable bonds is 3. The highest BCUT2D eigenvalue weighted by Crippen LogP contribution is 2.30. The van der Waals surface area contributed by atoms with Gasteiger partial charge in [-0.05, 0) is 39.0 Å². The summed E-state index contributed by atoms with van der Waals surface area (Å²) < 4.78 is 0. The number of aromatic nitrogens is 1. The quantitative estimate of drug-likeness (QED) is 0.933. The average molecular weight is 307 g/mol. The third-order valence-corrected chi connectivity index (χ3v) is 3.73. The summed E-state index contributed by atoms with van der Waals surface area (Å²) >= 11 is 0. The predicted molar refractivity (Wildman–Crippen MR) is 96.6 cm³/mol. The monoisotopic (exact) mass is 307 g/mol. The highest BCUT2D eigenvalue weighted by molar-refractivity contribution is 6.23. The molecule has 3 heteroatoms. The number of Topliss-reactive ketones (excluding diaryl/α,β-unsaturated/α-hetero) is 1. The number of H-pyrrole nitrogens is 1. The van der Waals surface area contributed by atoms with Gasteiger partial charge in [0.15, 0.2) is 5.78 Å². The van der Waals surface area contributed by atoms with Gasteiger partial charge in [0.1, 0.15) is 0 Å². The maximum Gasteiger partial charge on any atom is 0.256 e. The highest BCUT2D eigenvalue weighted by atomic mass is 16.1. The normalized spacial score (nSPS) is 16.8. The SMILES string of the molecule is C\C=C/C=c1/c(=O)[nH]c2c(/c1=C/C)C(=O)C(/C=C\C)=C2/C=C\C. The third-order valence-electron chi connectivity index (χ3n) is 3.73. The van der Waals surface area contributed by atoms with E-state index in [4.69, 9.17) is 0 Å². The van der Waals surface area contributed by atoms with Crippen LogP contribution in [0.25, 0.3) is 17.7 Å². The summed E-state index contributed by atoms with van der Waals surface area (Å²) in [7, 11) is 0. The van der Waals surface area contributed by atoms with Gasteiger partial charge in [0.25, 0.3) is 5.56 Å². The predicted octanol–water partition coefficient (Wildman–Crippen LogP) is 2.63. The second-order valence-electron chi connectivity index (χ2n) is 5.17. The van der Waals surface area contributed by atoms with E-state index in [2.05, 4.69) is 4.98 Å². The molecule has 2 rings (SSSR count). The number of carbonyl (C=O) groups excluding carboxylic acids is 1. The second kappa shape index (κ2) is 7.05. The van der Waals surface area contributed by atoms with Crippen molar-refractivity contribution in [2.45, 2.75) is 27.7 Å². The first-order valence-electron chi connectivity index (χ1n) is 7.71. The van der Waals surface area contributed by atoms with E-state index in [9.17, 15) is 9.59 Å². The van der Waals surface area contributed by atoms with Crippen molar-refractivity contribution in [1.82, 2.24) is 4.98 Å². The zero-order valence-corrected chi connectivity index (χ0v) is 13.9. The Morgan fingerprint density at radius 2 is 1.48 bits per heavy atom. The van der Waals surface area contributed by atoms with E-state index in [-0.39, 0.29) is 11.3 Å². The van der Waals surface area contributed by atoms with Crippen molar-refractivity contribution in [1.29, 1.82) is 0 Å². The number of hydrogen-bond donors (Lipinski definition) is 1. The van der Waals surface area contributed by atoms with E-state index in [1.54, 1.807) is 18.2 Å². The van der Waals surface area contributed by atoms with Crippen molar-refractivity contribution in [3.05, 3.63) is 74.1 Å². The maximum atomic E-state index is 12.9. The number of nitrogens with one attached hydrogen (secondary N) is 1. The third kappa shape index (κ3) is 2.82. The molecule has 1 aromatic rings. The van der Waals surface area contributed by atoms with E-state index >= 15 is 0 Å². The molecule has 23 heavy (non-hydrogen) atoms. The molecule has 118 valence electrons. The molecule has 1 aliphatic rings. The van der Waals surface area contributed by atoms with Gasteiger partial charge in [-0.25, -0.2) is 0 Å². The van der Waals surface area contributed by atoms with Gasteiger partial charge in [-0.1, -0.05) is 42.5 Å². The van der Waals surface area contributed by atoms with Gasteiger partial charge in [0.2, 0.25) is 0 Å². The van der Waals surface area contributed by atoms with Gasteiger partial charge in [-0.15, -0.1) is 0 Å². The number of hydrogen-bond acceptors (Lipinski definition) is 2. The number of carbonyl (C=O) groups is 1. The number of allylic oxidation sites excluding steroid dienone is 8. The number of ketones is 1. The second-order valence-corrected chi connectivity index (χ2v) is 5.17. The largest absolute Gasteiger partial charge is 0.321 e. The van der Waals surface area contributed by atoms with Crippen LogP contribution in [-0.4, -0.2) is 10.8 Å². The summed E-state index contributed by atoms with van der Waals surface area (Å²) in [5.74, 6) is -0.0503. The smallest absolute Gasteiger partial charge is 0.256 e. The fourth-order valence-corrected chi connectivity index (χ4v) is 2.79. The van der Waals surface area contributed by atoms with Gasteiger partial charge < -0.3 is 4.98 Å². The van der Waals surface area contributed by atoms with Gasteiger partial charge in [-0.2, -0.15) is 0 Å². The number of fused-ring (bicyclic) bond motifs is 1. The van der Waals surface area contributed by atoms with Crippen LogP contribution in [0.5, 0.6) is 0 Å². The van der Waals surface area contributed by atoms with Gasteiger partial charge in [-0.3, -0.25) is 9.59 Å². The van der Waals surface area contributed by atoms with Crippen LogP contribution in [0.2, 0.25) is 0 Å². The summed E-state index contributed by atoms with van der Waals surface area (Å²) in [6.07, 6.45) is 14.6. The number of aromatic amines is 1.